The van der Waals surface area contributed by atoms with E-state index in [1.807, 2.05) is 0 Å². The van der Waals surface area contributed by atoms with Crippen LogP contribution in [-0.2, 0) is 0 Å². The van der Waals surface area contributed by atoms with Crippen molar-refractivity contribution in [1.82, 2.24) is 0 Å². The normalized spacial score (nSPS) is 10.3. The van der Waals surface area contributed by atoms with Crippen LogP contribution in [0.25, 0.3) is 0 Å². The van der Waals surface area contributed by atoms with E-state index in [9.17, 15) is 0 Å². The van der Waals surface area contributed by atoms with Gasteiger partial charge in [-0.2, -0.15) is 0 Å². The summed E-state index contributed by atoms with van der Waals surface area (Å²) in [7, 11) is 0. The minimum Gasteiger partial charge on any atom is -0.385 e. The molecule has 106 valence electrons. The van der Waals surface area contributed by atoms with Gasteiger partial charge in [0.1, 0.15) is 0 Å². The van der Waals surface area contributed by atoms with Crippen molar-refractivity contribution >= 4 is 17.1 Å². The highest BCUT2D eigenvalue weighted by Gasteiger charge is 2.08. The third kappa shape index (κ3) is 3.77. The van der Waals surface area contributed by atoms with Crippen LogP contribution in [0.4, 0.5) is 17.1 Å². The standard InChI is InChI=1S/C18H24N2/c1-3-5-15-20(17-9-7-6-8-10-17)18-13-11-16(12-14-18)19-4-2/h6-14,19H,3-5,15H2,1-2H3. The lowest BCUT2D eigenvalue weighted by Crippen LogP contribution is -2.18. The molecule has 2 heteroatoms. The lowest BCUT2D eigenvalue weighted by Gasteiger charge is -2.25. The predicted octanol–water partition coefficient (Wildman–Crippen LogP) is 5.06. The quantitative estimate of drug-likeness (QED) is 0.755. The number of para-hydroxylation sites is 1. The van der Waals surface area contributed by atoms with Gasteiger partial charge in [-0.05, 0) is 49.7 Å². The van der Waals surface area contributed by atoms with Crippen molar-refractivity contribution in [3.63, 3.8) is 0 Å². The maximum absolute atomic E-state index is 3.34. The lowest BCUT2D eigenvalue weighted by atomic mass is 10.2. The molecular weight excluding hydrogens is 244 g/mol. The van der Waals surface area contributed by atoms with E-state index in [1.54, 1.807) is 0 Å². The summed E-state index contributed by atoms with van der Waals surface area (Å²) in [4.78, 5) is 2.39. The summed E-state index contributed by atoms with van der Waals surface area (Å²) < 4.78 is 0. The van der Waals surface area contributed by atoms with E-state index >= 15 is 0 Å². The van der Waals surface area contributed by atoms with Gasteiger partial charge in [-0.15, -0.1) is 0 Å². The van der Waals surface area contributed by atoms with Gasteiger partial charge < -0.3 is 10.2 Å². The molecule has 0 radical (unpaired) electrons. The Morgan fingerprint density at radius 3 is 2.10 bits per heavy atom. The molecule has 0 unspecified atom stereocenters. The van der Waals surface area contributed by atoms with Crippen molar-refractivity contribution in [2.45, 2.75) is 26.7 Å². The first-order valence-corrected chi connectivity index (χ1v) is 7.51. The maximum atomic E-state index is 3.34. The van der Waals surface area contributed by atoms with Gasteiger partial charge in [0.2, 0.25) is 0 Å². The molecule has 0 fully saturated rings. The van der Waals surface area contributed by atoms with Crippen LogP contribution in [0.3, 0.4) is 0 Å². The Kier molecular flexibility index (Phi) is 5.48. The molecule has 0 atom stereocenters. The Morgan fingerprint density at radius 2 is 1.50 bits per heavy atom. The molecule has 2 rings (SSSR count). The minimum atomic E-state index is 0.956. The third-order valence-corrected chi connectivity index (χ3v) is 3.36. The highest BCUT2D eigenvalue weighted by atomic mass is 15.1. The molecule has 2 aromatic rings. The number of rotatable bonds is 7. The number of unbranched alkanes of at least 4 members (excludes halogenated alkanes) is 1. The molecule has 0 aliphatic heterocycles. The molecular formula is C18H24N2. The van der Waals surface area contributed by atoms with E-state index < -0.39 is 0 Å². The van der Waals surface area contributed by atoms with Crippen LogP contribution in [0.15, 0.2) is 54.6 Å². The molecule has 2 aromatic carbocycles. The highest BCUT2D eigenvalue weighted by Crippen LogP contribution is 2.26. The fourth-order valence-electron chi connectivity index (χ4n) is 2.29. The van der Waals surface area contributed by atoms with E-state index in [-0.39, 0.29) is 0 Å². The molecule has 20 heavy (non-hydrogen) atoms. The summed E-state index contributed by atoms with van der Waals surface area (Å²) >= 11 is 0. The molecule has 0 heterocycles. The van der Waals surface area contributed by atoms with Gasteiger partial charge in [0.15, 0.2) is 0 Å². The summed E-state index contributed by atoms with van der Waals surface area (Å²) in [5, 5.41) is 3.34. The zero-order chi connectivity index (χ0) is 14.2. The Hall–Kier alpha value is -1.96. The summed E-state index contributed by atoms with van der Waals surface area (Å²) in [6.07, 6.45) is 2.41. The van der Waals surface area contributed by atoms with Crippen molar-refractivity contribution in [3.8, 4) is 0 Å². The molecule has 0 amide bonds. The second kappa shape index (κ2) is 7.59. The zero-order valence-corrected chi connectivity index (χ0v) is 12.5. The molecule has 0 spiro atoms. The first-order valence-electron chi connectivity index (χ1n) is 7.51. The fraction of sp³-hybridized carbons (Fsp3) is 0.333. The average Bonchev–Trinajstić information content (AvgIpc) is 2.51. The predicted molar refractivity (Wildman–Crippen MR) is 89.0 cm³/mol. The van der Waals surface area contributed by atoms with Gasteiger partial charge in [-0.1, -0.05) is 31.5 Å². The number of benzene rings is 2. The Balaban J connectivity index is 2.22. The highest BCUT2D eigenvalue weighted by molar-refractivity contribution is 5.65. The molecule has 0 bridgehead atoms. The smallest absolute Gasteiger partial charge is 0.0412 e. The monoisotopic (exact) mass is 268 g/mol. The lowest BCUT2D eigenvalue weighted by molar-refractivity contribution is 0.786. The largest absolute Gasteiger partial charge is 0.385 e. The van der Waals surface area contributed by atoms with Crippen LogP contribution < -0.4 is 10.2 Å². The van der Waals surface area contributed by atoms with Gasteiger partial charge >= 0.3 is 0 Å². The van der Waals surface area contributed by atoms with Crippen molar-refractivity contribution in [2.24, 2.45) is 0 Å². The van der Waals surface area contributed by atoms with E-state index in [2.05, 4.69) is 78.7 Å². The van der Waals surface area contributed by atoms with Crippen LogP contribution in [0.5, 0.6) is 0 Å². The SMILES string of the molecule is CCCCN(c1ccccc1)c1ccc(NCC)cc1. The van der Waals surface area contributed by atoms with Gasteiger partial charge in [0.05, 0.1) is 0 Å². The van der Waals surface area contributed by atoms with Gasteiger partial charge in [0.25, 0.3) is 0 Å². The van der Waals surface area contributed by atoms with Crippen LogP contribution in [-0.4, -0.2) is 13.1 Å². The molecule has 0 aliphatic rings. The van der Waals surface area contributed by atoms with Crippen molar-refractivity contribution in [1.29, 1.82) is 0 Å². The zero-order valence-electron chi connectivity index (χ0n) is 12.5. The summed E-state index contributed by atoms with van der Waals surface area (Å²) in [5.41, 5.74) is 3.70. The summed E-state index contributed by atoms with van der Waals surface area (Å²) in [6, 6.07) is 19.3. The van der Waals surface area contributed by atoms with Crippen LogP contribution in [0.2, 0.25) is 0 Å². The molecule has 0 saturated heterocycles. The second-order valence-electron chi connectivity index (χ2n) is 4.92. The molecule has 2 nitrogen and oxygen atoms in total. The first kappa shape index (κ1) is 14.4. The number of anilines is 3. The number of hydrogen-bond donors (Lipinski definition) is 1. The minimum absolute atomic E-state index is 0.956. The van der Waals surface area contributed by atoms with E-state index in [0.29, 0.717) is 0 Å². The maximum Gasteiger partial charge on any atom is 0.0412 e. The molecule has 0 aliphatic carbocycles. The van der Waals surface area contributed by atoms with Crippen molar-refractivity contribution in [3.05, 3.63) is 54.6 Å². The average molecular weight is 268 g/mol. The Bertz CT molecular complexity index is 491. The van der Waals surface area contributed by atoms with Gasteiger partial charge in [0, 0.05) is 30.2 Å². The van der Waals surface area contributed by atoms with Gasteiger partial charge in [-0.25, -0.2) is 0 Å². The Labute approximate surface area is 122 Å². The van der Waals surface area contributed by atoms with Crippen molar-refractivity contribution in [2.75, 3.05) is 23.3 Å². The number of hydrogen-bond acceptors (Lipinski definition) is 2. The van der Waals surface area contributed by atoms with E-state index in [1.165, 1.54) is 29.9 Å². The van der Waals surface area contributed by atoms with E-state index in [4.69, 9.17) is 0 Å². The molecule has 0 saturated carbocycles. The summed E-state index contributed by atoms with van der Waals surface area (Å²) in [5.74, 6) is 0. The van der Waals surface area contributed by atoms with Crippen LogP contribution >= 0.6 is 0 Å². The number of nitrogens with one attached hydrogen (secondary N) is 1. The third-order valence-electron chi connectivity index (χ3n) is 3.36. The second-order valence-corrected chi connectivity index (χ2v) is 4.92. The van der Waals surface area contributed by atoms with E-state index in [0.717, 1.165) is 13.1 Å². The van der Waals surface area contributed by atoms with Crippen molar-refractivity contribution < 1.29 is 0 Å². The number of nitrogens with zero attached hydrogens (tertiary/aromatic N) is 1. The molecule has 1 N–H and O–H groups in total. The Morgan fingerprint density at radius 1 is 0.850 bits per heavy atom. The van der Waals surface area contributed by atoms with Crippen LogP contribution in [0.1, 0.15) is 26.7 Å². The molecule has 0 aromatic heterocycles. The topological polar surface area (TPSA) is 15.3 Å². The summed E-state index contributed by atoms with van der Waals surface area (Å²) in [6.45, 7) is 6.36. The first-order chi connectivity index (χ1) is 9.85. The fourth-order valence-corrected chi connectivity index (χ4v) is 2.29. The van der Waals surface area contributed by atoms with Gasteiger partial charge in [-0.3, -0.25) is 0 Å². The van der Waals surface area contributed by atoms with Crippen LogP contribution in [0, 0.1) is 0 Å².